The van der Waals surface area contributed by atoms with Gasteiger partial charge in [-0.2, -0.15) is 9.29 Å². The van der Waals surface area contributed by atoms with Gasteiger partial charge in [0.25, 0.3) is 0 Å². The van der Waals surface area contributed by atoms with Gasteiger partial charge in [0.2, 0.25) is 27.1 Å². The quantitative estimate of drug-likeness (QED) is 0.292. The van der Waals surface area contributed by atoms with Crippen LogP contribution in [0.15, 0.2) is 88.2 Å². The summed E-state index contributed by atoms with van der Waals surface area (Å²) in [6.07, 6.45) is 0.649. The molecular formula is C30H29N5O3S. The fourth-order valence-corrected chi connectivity index (χ4v) is 6.24. The molecule has 39 heavy (non-hydrogen) atoms. The predicted molar refractivity (Wildman–Crippen MR) is 152 cm³/mol. The Bertz CT molecular complexity index is 1720. The van der Waals surface area contributed by atoms with E-state index < -0.39 is 10.0 Å². The fourth-order valence-electron chi connectivity index (χ4n) is 4.77. The highest BCUT2D eigenvalue weighted by molar-refractivity contribution is 7.89. The van der Waals surface area contributed by atoms with E-state index >= 15 is 0 Å². The van der Waals surface area contributed by atoms with Gasteiger partial charge in [0.1, 0.15) is 0 Å². The van der Waals surface area contributed by atoms with Crippen molar-refractivity contribution in [3.8, 4) is 22.8 Å². The summed E-state index contributed by atoms with van der Waals surface area (Å²) in [5.74, 6) is 1.65. The van der Waals surface area contributed by atoms with E-state index in [1.54, 1.807) is 16.4 Å². The van der Waals surface area contributed by atoms with Gasteiger partial charge in [0.15, 0.2) is 11.6 Å². The molecule has 2 aromatic heterocycles. The van der Waals surface area contributed by atoms with Crippen molar-refractivity contribution in [1.29, 1.82) is 0 Å². The highest BCUT2D eigenvalue weighted by Crippen LogP contribution is 2.32. The number of fused-ring (bicyclic) bond motifs is 1. The van der Waals surface area contributed by atoms with Crippen LogP contribution in [0, 0.1) is 13.8 Å². The van der Waals surface area contributed by atoms with Crippen molar-refractivity contribution in [3.63, 3.8) is 0 Å². The Morgan fingerprint density at radius 2 is 1.41 bits per heavy atom. The number of nitrogens with zero attached hydrogens (tertiary/aromatic N) is 5. The predicted octanol–water partition coefficient (Wildman–Crippen LogP) is 5.47. The summed E-state index contributed by atoms with van der Waals surface area (Å²) in [5, 5.41) is 0. The maximum absolute atomic E-state index is 13.4. The van der Waals surface area contributed by atoms with Crippen molar-refractivity contribution < 1.29 is 12.8 Å². The molecule has 1 saturated heterocycles. The van der Waals surface area contributed by atoms with E-state index in [1.807, 2.05) is 80.6 Å². The van der Waals surface area contributed by atoms with E-state index in [1.165, 1.54) is 0 Å². The van der Waals surface area contributed by atoms with Crippen LogP contribution in [-0.2, 0) is 10.0 Å². The van der Waals surface area contributed by atoms with E-state index in [2.05, 4.69) is 4.90 Å². The second kappa shape index (κ2) is 10.2. The Labute approximate surface area is 228 Å². The number of sulfonamides is 1. The smallest absolute Gasteiger partial charge is 0.243 e. The molecule has 0 unspecified atom stereocenters. The molecule has 0 amide bonds. The zero-order valence-corrected chi connectivity index (χ0v) is 22.7. The molecule has 0 radical (unpaired) electrons. The van der Waals surface area contributed by atoms with Gasteiger partial charge in [-0.1, -0.05) is 65.7 Å². The van der Waals surface area contributed by atoms with Crippen LogP contribution in [0.3, 0.4) is 0 Å². The summed E-state index contributed by atoms with van der Waals surface area (Å²) in [7, 11) is -3.60. The van der Waals surface area contributed by atoms with E-state index in [4.69, 9.17) is 19.4 Å². The molecular weight excluding hydrogens is 510 g/mol. The number of aromatic nitrogens is 3. The van der Waals surface area contributed by atoms with Crippen molar-refractivity contribution in [1.82, 2.24) is 19.3 Å². The van der Waals surface area contributed by atoms with Gasteiger partial charge in [-0.05, 0) is 44.5 Å². The largest absolute Gasteiger partial charge is 0.430 e. The number of hydrogen-bond donors (Lipinski definition) is 0. The highest BCUT2D eigenvalue weighted by Gasteiger charge is 2.29. The Balaban J connectivity index is 1.37. The molecule has 1 aliphatic rings. The minimum atomic E-state index is -3.60. The van der Waals surface area contributed by atoms with Gasteiger partial charge < -0.3 is 9.32 Å². The van der Waals surface area contributed by atoms with Crippen molar-refractivity contribution in [3.05, 3.63) is 90.0 Å². The number of aryl methyl sites for hydroxylation is 2. The lowest BCUT2D eigenvalue weighted by Gasteiger charge is -2.23. The minimum Gasteiger partial charge on any atom is -0.430 e. The van der Waals surface area contributed by atoms with Crippen LogP contribution < -0.4 is 4.90 Å². The Morgan fingerprint density at radius 1 is 0.718 bits per heavy atom. The lowest BCUT2D eigenvalue weighted by atomic mass is 10.1. The molecule has 0 aliphatic carbocycles. The van der Waals surface area contributed by atoms with Crippen LogP contribution in [0.5, 0.6) is 0 Å². The van der Waals surface area contributed by atoms with Crippen LogP contribution in [0.2, 0.25) is 0 Å². The SMILES string of the molecule is Cc1ccc(-c2nc3nc(-c4ccccc4)nc(N4CCCN(S(=O)(=O)c5ccc(C)cc5)CC4)c3o2)cc1. The maximum Gasteiger partial charge on any atom is 0.243 e. The first-order chi connectivity index (χ1) is 18.9. The zero-order valence-electron chi connectivity index (χ0n) is 21.9. The molecule has 198 valence electrons. The number of rotatable bonds is 5. The molecule has 1 fully saturated rings. The average molecular weight is 540 g/mol. The average Bonchev–Trinajstić information content (AvgIpc) is 3.22. The van der Waals surface area contributed by atoms with Gasteiger partial charge in [-0.3, -0.25) is 0 Å². The van der Waals surface area contributed by atoms with Crippen LogP contribution in [-0.4, -0.2) is 53.9 Å². The molecule has 3 aromatic carbocycles. The summed E-state index contributed by atoms with van der Waals surface area (Å²) in [4.78, 5) is 16.8. The third-order valence-electron chi connectivity index (χ3n) is 6.98. The van der Waals surface area contributed by atoms with E-state index in [9.17, 15) is 8.42 Å². The summed E-state index contributed by atoms with van der Waals surface area (Å²) >= 11 is 0. The molecule has 5 aromatic rings. The number of oxazole rings is 1. The lowest BCUT2D eigenvalue weighted by Crippen LogP contribution is -2.35. The molecule has 0 bridgehead atoms. The van der Waals surface area contributed by atoms with E-state index in [0.29, 0.717) is 66.3 Å². The summed E-state index contributed by atoms with van der Waals surface area (Å²) in [6.45, 7) is 5.83. The minimum absolute atomic E-state index is 0.315. The highest BCUT2D eigenvalue weighted by atomic mass is 32.2. The topological polar surface area (TPSA) is 92.4 Å². The molecule has 9 heteroatoms. The molecule has 0 N–H and O–H groups in total. The van der Waals surface area contributed by atoms with Crippen LogP contribution in [0.1, 0.15) is 17.5 Å². The first kappa shape index (κ1) is 25.2. The van der Waals surface area contributed by atoms with Gasteiger partial charge in [-0.25, -0.2) is 18.4 Å². The Hall–Kier alpha value is -4.08. The first-order valence-corrected chi connectivity index (χ1v) is 14.5. The van der Waals surface area contributed by atoms with Crippen molar-refractivity contribution in [2.24, 2.45) is 0 Å². The summed E-state index contributed by atoms with van der Waals surface area (Å²) in [6, 6.07) is 24.8. The molecule has 0 spiro atoms. The van der Waals surface area contributed by atoms with Crippen LogP contribution in [0.4, 0.5) is 5.82 Å². The standard InChI is InChI=1S/C30H29N5O3S/c1-21-9-13-24(14-10-21)30-33-28-26(38-30)29(32-27(31-28)23-7-4-3-5-8-23)34-17-6-18-35(20-19-34)39(36,37)25-15-11-22(2)12-16-25/h3-5,7-16H,6,17-20H2,1-2H3. The molecule has 8 nitrogen and oxygen atoms in total. The summed E-state index contributed by atoms with van der Waals surface area (Å²) < 4.78 is 34.6. The molecule has 1 aliphatic heterocycles. The molecule has 0 saturated carbocycles. The van der Waals surface area contributed by atoms with Crippen LogP contribution in [0.25, 0.3) is 34.1 Å². The van der Waals surface area contributed by atoms with Gasteiger partial charge in [0, 0.05) is 37.3 Å². The second-order valence-electron chi connectivity index (χ2n) is 9.83. The third kappa shape index (κ3) is 5.03. The first-order valence-electron chi connectivity index (χ1n) is 13.0. The fraction of sp³-hybridized carbons (Fsp3) is 0.233. The zero-order chi connectivity index (χ0) is 27.0. The van der Waals surface area contributed by atoms with Crippen molar-refractivity contribution in [2.75, 3.05) is 31.1 Å². The monoisotopic (exact) mass is 539 g/mol. The maximum atomic E-state index is 13.4. The van der Waals surface area contributed by atoms with E-state index in [0.717, 1.165) is 22.3 Å². The molecule has 0 atom stereocenters. The van der Waals surface area contributed by atoms with Crippen molar-refractivity contribution in [2.45, 2.75) is 25.2 Å². The number of hydrogen-bond acceptors (Lipinski definition) is 7. The van der Waals surface area contributed by atoms with Crippen LogP contribution >= 0.6 is 0 Å². The van der Waals surface area contributed by atoms with Crippen molar-refractivity contribution >= 4 is 27.1 Å². The Morgan fingerprint density at radius 3 is 2.13 bits per heavy atom. The number of benzene rings is 3. The van der Waals surface area contributed by atoms with Gasteiger partial charge >= 0.3 is 0 Å². The molecule has 6 rings (SSSR count). The third-order valence-corrected chi connectivity index (χ3v) is 8.89. The van der Waals surface area contributed by atoms with Gasteiger partial charge in [0.05, 0.1) is 4.90 Å². The normalized spacial score (nSPS) is 15.0. The lowest BCUT2D eigenvalue weighted by molar-refractivity contribution is 0.433. The van der Waals surface area contributed by atoms with E-state index in [-0.39, 0.29) is 0 Å². The second-order valence-corrected chi connectivity index (χ2v) is 11.8. The summed E-state index contributed by atoms with van der Waals surface area (Å²) in [5.41, 5.74) is 4.88. The number of anilines is 1. The van der Waals surface area contributed by atoms with Gasteiger partial charge in [-0.15, -0.1) is 0 Å². The Kier molecular flexibility index (Phi) is 6.62. The molecule has 3 heterocycles.